The fraction of sp³-hybridized carbons (Fsp3) is 0.583. The molecule has 1 aromatic carbocycles. The summed E-state index contributed by atoms with van der Waals surface area (Å²) in [7, 11) is 0. The van der Waals surface area contributed by atoms with Gasteiger partial charge in [0.15, 0.2) is 16.5 Å². The Morgan fingerprint density at radius 1 is 0.875 bits per heavy atom. The lowest BCUT2D eigenvalue weighted by atomic mass is 9.91. The van der Waals surface area contributed by atoms with Crippen molar-refractivity contribution in [3.05, 3.63) is 46.3 Å². The Kier molecular flexibility index (Phi) is 14.3. The standard InChI is InChI=1S/C36H53N9O2S/c1-9-13-17-43(18-14-10-2)34(46)26-21-27(35(47)44(19-15-11-3)20-16-12-4)23-28(22-26)45-32(38)30(31(41-45)36(6,7)8)39-40-33-29(24-37)25(5)42-48-33/h21-23H,9-20,38H2,1-8H3. The van der Waals surface area contributed by atoms with Gasteiger partial charge >= 0.3 is 0 Å². The molecule has 0 atom stereocenters. The van der Waals surface area contributed by atoms with E-state index in [1.54, 1.807) is 29.8 Å². The van der Waals surface area contributed by atoms with E-state index in [2.05, 4.69) is 48.4 Å². The molecule has 260 valence electrons. The van der Waals surface area contributed by atoms with E-state index in [0.717, 1.165) is 62.9 Å². The van der Waals surface area contributed by atoms with E-state index in [9.17, 15) is 14.9 Å². The third-order valence-corrected chi connectivity index (χ3v) is 8.98. The summed E-state index contributed by atoms with van der Waals surface area (Å²) in [5, 5.41) is 23.8. The number of nitriles is 1. The molecular weight excluding hydrogens is 623 g/mol. The van der Waals surface area contributed by atoms with Crippen LogP contribution in [0.25, 0.3) is 5.69 Å². The fourth-order valence-corrected chi connectivity index (χ4v) is 5.92. The number of nitrogen functional groups attached to an aromatic ring is 1. The van der Waals surface area contributed by atoms with Gasteiger partial charge in [0.05, 0.1) is 17.1 Å². The molecule has 12 heteroatoms. The van der Waals surface area contributed by atoms with Crippen molar-refractivity contribution in [2.75, 3.05) is 31.9 Å². The number of hydrogen-bond donors (Lipinski definition) is 1. The van der Waals surface area contributed by atoms with Crippen LogP contribution in [0.4, 0.5) is 16.5 Å². The van der Waals surface area contributed by atoms with Crippen LogP contribution < -0.4 is 5.73 Å². The van der Waals surface area contributed by atoms with Crippen LogP contribution in [0.5, 0.6) is 0 Å². The Bertz CT molecular complexity index is 1540. The molecule has 2 heterocycles. The fourth-order valence-electron chi connectivity index (χ4n) is 5.24. The second-order valence-corrected chi connectivity index (χ2v) is 14.0. The number of aromatic nitrogens is 3. The molecule has 3 rings (SSSR count). The van der Waals surface area contributed by atoms with Crippen molar-refractivity contribution in [1.29, 1.82) is 5.26 Å². The number of aryl methyl sites for hydroxylation is 1. The van der Waals surface area contributed by atoms with Crippen LogP contribution in [0.2, 0.25) is 0 Å². The quantitative estimate of drug-likeness (QED) is 0.141. The minimum Gasteiger partial charge on any atom is -0.382 e. The van der Waals surface area contributed by atoms with Crippen molar-refractivity contribution in [3.8, 4) is 11.8 Å². The van der Waals surface area contributed by atoms with Gasteiger partial charge in [-0.15, -0.1) is 10.2 Å². The Morgan fingerprint density at radius 2 is 1.35 bits per heavy atom. The predicted molar refractivity (Wildman–Crippen MR) is 194 cm³/mol. The molecule has 0 aliphatic rings. The van der Waals surface area contributed by atoms with E-state index in [4.69, 9.17) is 10.8 Å². The summed E-state index contributed by atoms with van der Waals surface area (Å²) < 4.78 is 5.79. The molecule has 0 saturated heterocycles. The van der Waals surface area contributed by atoms with Crippen LogP contribution in [0, 0.1) is 18.3 Å². The number of hydrogen-bond acceptors (Lipinski definition) is 9. The topological polar surface area (TPSA) is 146 Å². The monoisotopic (exact) mass is 675 g/mol. The Balaban J connectivity index is 2.24. The van der Waals surface area contributed by atoms with Crippen molar-refractivity contribution in [1.82, 2.24) is 24.0 Å². The first-order chi connectivity index (χ1) is 22.9. The highest BCUT2D eigenvalue weighted by Crippen LogP contribution is 2.39. The van der Waals surface area contributed by atoms with Gasteiger partial charge in [0.2, 0.25) is 0 Å². The zero-order chi connectivity index (χ0) is 35.4. The third-order valence-electron chi connectivity index (χ3n) is 8.16. The van der Waals surface area contributed by atoms with Crippen molar-refractivity contribution < 1.29 is 9.59 Å². The number of rotatable bonds is 17. The predicted octanol–water partition coefficient (Wildman–Crippen LogP) is 8.89. The van der Waals surface area contributed by atoms with Gasteiger partial charge in [0.25, 0.3) is 11.8 Å². The van der Waals surface area contributed by atoms with Gasteiger partial charge in [-0.1, -0.05) is 74.1 Å². The SMILES string of the molecule is CCCCN(CCCC)C(=O)c1cc(C(=O)N(CCCC)CCCC)cc(-n2nc(C(C)(C)C)c(N=Nc3snc(C)c3C#N)c2N)c1. The van der Waals surface area contributed by atoms with Gasteiger partial charge in [-0.25, -0.2) is 4.68 Å². The largest absolute Gasteiger partial charge is 0.382 e. The number of amides is 2. The maximum atomic E-state index is 14.1. The van der Waals surface area contributed by atoms with Gasteiger partial charge in [0.1, 0.15) is 11.6 Å². The summed E-state index contributed by atoms with van der Waals surface area (Å²) in [5.74, 6) is -0.0189. The average Bonchev–Trinajstić information content (AvgIpc) is 3.61. The Labute approximate surface area is 290 Å². The molecule has 0 unspecified atom stereocenters. The van der Waals surface area contributed by atoms with Crippen LogP contribution in [-0.4, -0.2) is 61.9 Å². The third kappa shape index (κ3) is 9.49. The second-order valence-electron chi connectivity index (χ2n) is 13.3. The number of carbonyl (C=O) groups is 2. The Morgan fingerprint density at radius 3 is 1.77 bits per heavy atom. The smallest absolute Gasteiger partial charge is 0.253 e. The summed E-state index contributed by atoms with van der Waals surface area (Å²) >= 11 is 1.09. The second kappa shape index (κ2) is 17.9. The molecule has 48 heavy (non-hydrogen) atoms. The maximum absolute atomic E-state index is 14.1. The first-order valence-corrected chi connectivity index (χ1v) is 18.1. The van der Waals surface area contributed by atoms with Crippen LogP contribution in [-0.2, 0) is 5.41 Å². The molecule has 2 amide bonds. The molecule has 0 aliphatic carbocycles. The first kappa shape index (κ1) is 38.3. The zero-order valence-corrected chi connectivity index (χ0v) is 30.9. The van der Waals surface area contributed by atoms with E-state index < -0.39 is 5.41 Å². The van der Waals surface area contributed by atoms with E-state index >= 15 is 0 Å². The van der Waals surface area contributed by atoms with E-state index in [1.807, 2.05) is 30.6 Å². The molecule has 0 fully saturated rings. The lowest BCUT2D eigenvalue weighted by Crippen LogP contribution is -2.35. The zero-order valence-electron chi connectivity index (χ0n) is 30.1. The summed E-state index contributed by atoms with van der Waals surface area (Å²) in [6, 6.07) is 7.40. The molecule has 0 saturated carbocycles. The van der Waals surface area contributed by atoms with Gasteiger partial charge in [-0.05, 0) is 62.3 Å². The van der Waals surface area contributed by atoms with Crippen LogP contribution in [0.3, 0.4) is 0 Å². The van der Waals surface area contributed by atoms with Crippen LogP contribution in [0.1, 0.15) is 138 Å². The minimum atomic E-state index is -0.477. The number of nitrogens with zero attached hydrogens (tertiary/aromatic N) is 8. The average molecular weight is 676 g/mol. The molecule has 3 aromatic rings. The van der Waals surface area contributed by atoms with Crippen LogP contribution >= 0.6 is 11.5 Å². The van der Waals surface area contributed by atoms with E-state index in [-0.39, 0.29) is 17.6 Å². The summed E-state index contributed by atoms with van der Waals surface area (Å²) in [5.41, 5.74) is 9.56. The molecule has 0 aliphatic heterocycles. The Hall–Kier alpha value is -4.11. The van der Waals surface area contributed by atoms with Gasteiger partial charge < -0.3 is 15.5 Å². The molecule has 0 bridgehead atoms. The van der Waals surface area contributed by atoms with Crippen molar-refractivity contribution in [2.24, 2.45) is 10.2 Å². The van der Waals surface area contributed by atoms with E-state index in [0.29, 0.717) is 70.6 Å². The molecule has 2 aromatic heterocycles. The molecule has 0 spiro atoms. The normalized spacial score (nSPS) is 11.6. The van der Waals surface area contributed by atoms with Crippen molar-refractivity contribution >= 4 is 39.9 Å². The highest BCUT2D eigenvalue weighted by molar-refractivity contribution is 7.10. The van der Waals surface area contributed by atoms with Crippen molar-refractivity contribution in [2.45, 2.75) is 112 Å². The van der Waals surface area contributed by atoms with Crippen LogP contribution in [0.15, 0.2) is 28.4 Å². The summed E-state index contributed by atoms with van der Waals surface area (Å²) in [4.78, 5) is 32.1. The maximum Gasteiger partial charge on any atom is 0.253 e. The summed E-state index contributed by atoms with van der Waals surface area (Å²) in [6.45, 7) is 18.8. The number of carbonyl (C=O) groups excluding carboxylic acids is 2. The minimum absolute atomic E-state index is 0.118. The van der Waals surface area contributed by atoms with Gasteiger partial charge in [-0.2, -0.15) is 14.7 Å². The van der Waals surface area contributed by atoms with Crippen molar-refractivity contribution in [3.63, 3.8) is 0 Å². The molecule has 2 N–H and O–H groups in total. The number of azo groups is 1. The highest BCUT2D eigenvalue weighted by Gasteiger charge is 2.29. The highest BCUT2D eigenvalue weighted by atomic mass is 32.1. The molecule has 11 nitrogen and oxygen atoms in total. The number of benzene rings is 1. The first-order valence-electron chi connectivity index (χ1n) is 17.3. The van der Waals surface area contributed by atoms with Gasteiger partial charge in [0, 0.05) is 42.7 Å². The van der Waals surface area contributed by atoms with Gasteiger partial charge in [-0.3, -0.25) is 9.59 Å². The lowest BCUT2D eigenvalue weighted by molar-refractivity contribution is 0.0749. The number of anilines is 1. The lowest BCUT2D eigenvalue weighted by Gasteiger charge is -2.25. The molecular formula is C36H53N9O2S. The summed E-state index contributed by atoms with van der Waals surface area (Å²) in [6.07, 6.45) is 7.45. The molecule has 0 radical (unpaired) electrons. The number of nitrogens with two attached hydrogens (primary N) is 1. The van der Waals surface area contributed by atoms with E-state index in [1.165, 1.54) is 0 Å². The number of unbranched alkanes of at least 4 members (excludes halogenated alkanes) is 4.